The lowest BCUT2D eigenvalue weighted by Crippen LogP contribution is -1.91. The quantitative estimate of drug-likeness (QED) is 0.466. The van der Waals surface area contributed by atoms with E-state index in [1.807, 2.05) is 6.92 Å². The summed E-state index contributed by atoms with van der Waals surface area (Å²) in [4.78, 5) is 11.1. The molecule has 1 unspecified atom stereocenters. The Morgan fingerprint density at radius 3 is 2.21 bits per heavy atom. The van der Waals surface area contributed by atoms with Crippen LogP contribution in [-0.2, 0) is 0 Å². The van der Waals surface area contributed by atoms with Gasteiger partial charge in [0, 0.05) is 22.3 Å². The smallest absolute Gasteiger partial charge is 0.258 e. The van der Waals surface area contributed by atoms with Crippen LogP contribution in [0.5, 0.6) is 0 Å². The first-order chi connectivity index (χ1) is 9.06. The van der Waals surface area contributed by atoms with E-state index in [9.17, 15) is 14.5 Å². The lowest BCUT2D eigenvalue weighted by Gasteiger charge is -2.11. The van der Waals surface area contributed by atoms with Gasteiger partial charge in [-0.15, -0.1) is 11.8 Å². The average Bonchev–Trinajstić information content (AvgIpc) is 2.41. The minimum Gasteiger partial charge on any atom is -0.258 e. The van der Waals surface area contributed by atoms with Gasteiger partial charge in [0.25, 0.3) is 5.69 Å². The molecule has 0 aliphatic rings. The summed E-state index contributed by atoms with van der Waals surface area (Å²) in [5.41, 5.74) is 1.09. The second-order valence-electron chi connectivity index (χ2n) is 4.06. The van der Waals surface area contributed by atoms with Gasteiger partial charge in [0.1, 0.15) is 5.82 Å². The predicted octanol–water partition coefficient (Wildman–Crippen LogP) is 4.59. The topological polar surface area (TPSA) is 43.1 Å². The first-order valence-electron chi connectivity index (χ1n) is 5.73. The fourth-order valence-corrected chi connectivity index (χ4v) is 2.65. The summed E-state index contributed by atoms with van der Waals surface area (Å²) in [6.07, 6.45) is 0. The first-order valence-corrected chi connectivity index (χ1v) is 6.61. The number of rotatable bonds is 4. The van der Waals surface area contributed by atoms with Crippen molar-refractivity contribution in [2.75, 3.05) is 0 Å². The number of nitro benzene ring substituents is 1. The zero-order valence-corrected chi connectivity index (χ0v) is 11.1. The van der Waals surface area contributed by atoms with Crippen LogP contribution in [0, 0.1) is 15.9 Å². The monoisotopic (exact) mass is 277 g/mol. The second-order valence-corrected chi connectivity index (χ2v) is 5.48. The van der Waals surface area contributed by atoms with E-state index in [2.05, 4.69) is 0 Å². The lowest BCUT2D eigenvalue weighted by molar-refractivity contribution is -0.384. The largest absolute Gasteiger partial charge is 0.269 e. The Hall–Kier alpha value is -1.88. The summed E-state index contributed by atoms with van der Waals surface area (Å²) in [7, 11) is 0. The molecule has 3 nitrogen and oxygen atoms in total. The molecule has 1 atom stereocenters. The van der Waals surface area contributed by atoms with Crippen molar-refractivity contribution in [1.29, 1.82) is 0 Å². The van der Waals surface area contributed by atoms with Crippen LogP contribution in [0.15, 0.2) is 53.4 Å². The molecule has 0 aliphatic carbocycles. The van der Waals surface area contributed by atoms with E-state index >= 15 is 0 Å². The van der Waals surface area contributed by atoms with E-state index in [-0.39, 0.29) is 16.8 Å². The zero-order valence-electron chi connectivity index (χ0n) is 10.2. The predicted molar refractivity (Wildman–Crippen MR) is 73.8 cm³/mol. The van der Waals surface area contributed by atoms with Gasteiger partial charge in [-0.1, -0.05) is 12.1 Å². The molecule has 0 aromatic heterocycles. The van der Waals surface area contributed by atoms with Gasteiger partial charge in [-0.05, 0) is 36.8 Å². The van der Waals surface area contributed by atoms with E-state index in [0.717, 1.165) is 10.5 Å². The van der Waals surface area contributed by atoms with Crippen molar-refractivity contribution in [3.63, 3.8) is 0 Å². The number of hydrogen-bond donors (Lipinski definition) is 0. The summed E-state index contributed by atoms with van der Waals surface area (Å²) >= 11 is 1.58. The average molecular weight is 277 g/mol. The molecule has 0 heterocycles. The van der Waals surface area contributed by atoms with Gasteiger partial charge in [-0.3, -0.25) is 10.1 Å². The Bertz CT molecular complexity index is 569. The van der Waals surface area contributed by atoms with E-state index < -0.39 is 4.92 Å². The molecule has 0 amide bonds. The van der Waals surface area contributed by atoms with E-state index in [4.69, 9.17) is 0 Å². The van der Waals surface area contributed by atoms with E-state index in [1.54, 1.807) is 36.0 Å². The number of nitro groups is 1. The highest BCUT2D eigenvalue weighted by Gasteiger charge is 2.10. The van der Waals surface area contributed by atoms with Crippen molar-refractivity contribution in [1.82, 2.24) is 0 Å². The standard InChI is InChI=1S/C14H12FNO2S/c1-10(19-14-8-4-12(15)5-9-14)11-2-6-13(7-3-11)16(17)18/h2-10H,1H3. The Kier molecular flexibility index (Phi) is 4.16. The van der Waals surface area contributed by atoms with Gasteiger partial charge in [0.15, 0.2) is 0 Å². The summed E-state index contributed by atoms with van der Waals surface area (Å²) in [6.45, 7) is 2.01. The maximum absolute atomic E-state index is 12.8. The van der Waals surface area contributed by atoms with E-state index in [0.29, 0.717) is 0 Å². The third kappa shape index (κ3) is 3.54. The normalized spacial score (nSPS) is 12.1. The number of non-ortho nitro benzene ring substituents is 1. The molecule has 0 radical (unpaired) electrons. The fraction of sp³-hybridized carbons (Fsp3) is 0.143. The number of halogens is 1. The van der Waals surface area contributed by atoms with Crippen molar-refractivity contribution in [3.8, 4) is 0 Å². The highest BCUT2D eigenvalue weighted by molar-refractivity contribution is 7.99. The molecule has 0 N–H and O–H groups in total. The molecule has 2 aromatic carbocycles. The summed E-state index contributed by atoms with van der Waals surface area (Å²) in [5.74, 6) is -0.257. The number of nitrogens with zero attached hydrogens (tertiary/aromatic N) is 1. The molecule has 2 aromatic rings. The van der Waals surface area contributed by atoms with E-state index in [1.165, 1.54) is 24.3 Å². The van der Waals surface area contributed by atoms with Gasteiger partial charge in [0.05, 0.1) is 4.92 Å². The van der Waals surface area contributed by atoms with Crippen LogP contribution in [-0.4, -0.2) is 4.92 Å². The van der Waals surface area contributed by atoms with Gasteiger partial charge in [0.2, 0.25) is 0 Å². The van der Waals surface area contributed by atoms with Gasteiger partial charge in [-0.25, -0.2) is 4.39 Å². The van der Waals surface area contributed by atoms with Crippen molar-refractivity contribution < 1.29 is 9.31 Å². The molecule has 5 heteroatoms. The van der Waals surface area contributed by atoms with Gasteiger partial charge in [-0.2, -0.15) is 0 Å². The van der Waals surface area contributed by atoms with Gasteiger partial charge < -0.3 is 0 Å². The number of thioether (sulfide) groups is 1. The highest BCUT2D eigenvalue weighted by Crippen LogP contribution is 2.35. The van der Waals surface area contributed by atoms with Crippen molar-refractivity contribution >= 4 is 17.4 Å². The van der Waals surface area contributed by atoms with Crippen LogP contribution in [0.1, 0.15) is 17.7 Å². The molecule has 0 saturated carbocycles. The Morgan fingerprint density at radius 1 is 1.11 bits per heavy atom. The number of hydrogen-bond acceptors (Lipinski definition) is 3. The third-order valence-electron chi connectivity index (χ3n) is 2.70. The molecule has 19 heavy (non-hydrogen) atoms. The minimum atomic E-state index is -0.415. The lowest BCUT2D eigenvalue weighted by atomic mass is 10.1. The maximum atomic E-state index is 12.8. The van der Waals surface area contributed by atoms with Gasteiger partial charge >= 0.3 is 0 Å². The molecule has 0 spiro atoms. The Balaban J connectivity index is 2.09. The first kappa shape index (κ1) is 13.5. The highest BCUT2D eigenvalue weighted by atomic mass is 32.2. The maximum Gasteiger partial charge on any atom is 0.269 e. The van der Waals surface area contributed by atoms with Crippen LogP contribution in [0.4, 0.5) is 10.1 Å². The molecule has 0 aliphatic heterocycles. The molecule has 98 valence electrons. The molecule has 2 rings (SSSR count). The van der Waals surface area contributed by atoms with Crippen LogP contribution < -0.4 is 0 Å². The summed E-state index contributed by atoms with van der Waals surface area (Å²) in [6, 6.07) is 12.8. The minimum absolute atomic E-state index is 0.0859. The van der Waals surface area contributed by atoms with Crippen LogP contribution in [0.2, 0.25) is 0 Å². The molecule has 0 saturated heterocycles. The van der Waals surface area contributed by atoms with Crippen LogP contribution in [0.3, 0.4) is 0 Å². The van der Waals surface area contributed by atoms with Crippen molar-refractivity contribution in [2.24, 2.45) is 0 Å². The number of benzene rings is 2. The molecule has 0 fully saturated rings. The van der Waals surface area contributed by atoms with Crippen LogP contribution in [0.25, 0.3) is 0 Å². The zero-order chi connectivity index (χ0) is 13.8. The molecular formula is C14H12FNO2S. The Morgan fingerprint density at radius 2 is 1.68 bits per heavy atom. The van der Waals surface area contributed by atoms with Crippen molar-refractivity contribution in [2.45, 2.75) is 17.1 Å². The molecular weight excluding hydrogens is 265 g/mol. The SMILES string of the molecule is CC(Sc1ccc(F)cc1)c1ccc([N+](=O)[O-])cc1. The molecule has 0 bridgehead atoms. The third-order valence-corrected chi connectivity index (χ3v) is 3.87. The summed E-state index contributed by atoms with van der Waals surface area (Å²) < 4.78 is 12.8. The van der Waals surface area contributed by atoms with Crippen molar-refractivity contribution in [3.05, 3.63) is 70.0 Å². The fourth-order valence-electron chi connectivity index (χ4n) is 1.65. The van der Waals surface area contributed by atoms with Crippen LogP contribution >= 0.6 is 11.8 Å². The summed E-state index contributed by atoms with van der Waals surface area (Å²) in [5, 5.41) is 10.7. The Labute approximate surface area is 114 Å². The second kappa shape index (κ2) is 5.84.